The fourth-order valence-corrected chi connectivity index (χ4v) is 1.52. The number of carbonyl (C=O) groups is 1. The fourth-order valence-electron chi connectivity index (χ4n) is 1.52. The van der Waals surface area contributed by atoms with E-state index in [1.807, 2.05) is 38.1 Å². The molecule has 0 bridgehead atoms. The lowest BCUT2D eigenvalue weighted by Crippen LogP contribution is -2.08. The van der Waals surface area contributed by atoms with Crippen molar-refractivity contribution in [3.05, 3.63) is 41.5 Å². The van der Waals surface area contributed by atoms with Crippen molar-refractivity contribution in [2.75, 3.05) is 13.2 Å². The second-order valence-corrected chi connectivity index (χ2v) is 3.85. The molecule has 0 aliphatic heterocycles. The third-order valence-corrected chi connectivity index (χ3v) is 2.36. The summed E-state index contributed by atoms with van der Waals surface area (Å²) in [5, 5.41) is 0. The second-order valence-electron chi connectivity index (χ2n) is 3.85. The summed E-state index contributed by atoms with van der Waals surface area (Å²) in [6.45, 7) is 6.63. The van der Waals surface area contributed by atoms with Crippen LogP contribution >= 0.6 is 0 Å². The molecule has 0 aliphatic carbocycles. The molecule has 0 aromatic heterocycles. The number of allylic oxidation sites excluding steroid dienone is 1. The molecular formula is C15H20O3. The predicted octanol–water partition coefficient (Wildman–Crippen LogP) is 3.36. The van der Waals surface area contributed by atoms with Crippen molar-refractivity contribution in [1.82, 2.24) is 0 Å². The molecule has 1 aromatic carbocycles. The van der Waals surface area contributed by atoms with E-state index in [4.69, 9.17) is 9.47 Å². The zero-order valence-corrected chi connectivity index (χ0v) is 11.2. The van der Waals surface area contributed by atoms with Gasteiger partial charge >= 0.3 is 0 Å². The lowest BCUT2D eigenvalue weighted by molar-refractivity contribution is -0.140. The van der Waals surface area contributed by atoms with Gasteiger partial charge in [0.15, 0.2) is 12.1 Å². The van der Waals surface area contributed by atoms with Crippen molar-refractivity contribution in [3.8, 4) is 0 Å². The third kappa shape index (κ3) is 4.82. The quantitative estimate of drug-likeness (QED) is 0.548. The number of hydrogen-bond acceptors (Lipinski definition) is 3. The Morgan fingerprint density at radius 2 is 1.72 bits per heavy atom. The van der Waals surface area contributed by atoms with Gasteiger partial charge in [-0.3, -0.25) is 4.79 Å². The van der Waals surface area contributed by atoms with E-state index in [0.29, 0.717) is 13.2 Å². The minimum Gasteiger partial charge on any atom is -0.349 e. The zero-order valence-electron chi connectivity index (χ0n) is 11.2. The van der Waals surface area contributed by atoms with E-state index in [9.17, 15) is 4.79 Å². The molecule has 98 valence electrons. The first-order chi connectivity index (χ1) is 8.67. The van der Waals surface area contributed by atoms with Gasteiger partial charge in [-0.1, -0.05) is 30.3 Å². The smallest absolute Gasteiger partial charge is 0.183 e. The largest absolute Gasteiger partial charge is 0.349 e. The van der Waals surface area contributed by atoms with Crippen LogP contribution in [0.3, 0.4) is 0 Å². The number of hydrogen-bond donors (Lipinski definition) is 0. The number of ketones is 1. The highest BCUT2D eigenvalue weighted by atomic mass is 16.7. The Hall–Kier alpha value is -1.45. The summed E-state index contributed by atoms with van der Waals surface area (Å²) in [6, 6.07) is 7.80. The first kappa shape index (κ1) is 14.6. The SMILES string of the molecule is CCOC(OCC)c1ccc(/C=C/C(C)=O)cc1. The van der Waals surface area contributed by atoms with Gasteiger partial charge < -0.3 is 9.47 Å². The molecule has 0 atom stereocenters. The van der Waals surface area contributed by atoms with E-state index < -0.39 is 0 Å². The van der Waals surface area contributed by atoms with Gasteiger partial charge in [0.1, 0.15) is 0 Å². The van der Waals surface area contributed by atoms with Crippen LogP contribution in [-0.2, 0) is 14.3 Å². The van der Waals surface area contributed by atoms with E-state index in [0.717, 1.165) is 11.1 Å². The fraction of sp³-hybridized carbons (Fsp3) is 0.400. The maximum atomic E-state index is 10.8. The van der Waals surface area contributed by atoms with Gasteiger partial charge in [0.05, 0.1) is 0 Å². The number of benzene rings is 1. The molecule has 1 rings (SSSR count). The van der Waals surface area contributed by atoms with Crippen LogP contribution in [-0.4, -0.2) is 19.0 Å². The van der Waals surface area contributed by atoms with Gasteiger partial charge in [-0.2, -0.15) is 0 Å². The normalized spacial score (nSPS) is 11.3. The van der Waals surface area contributed by atoms with E-state index >= 15 is 0 Å². The summed E-state index contributed by atoms with van der Waals surface area (Å²) < 4.78 is 11.0. The molecule has 3 heteroatoms. The van der Waals surface area contributed by atoms with E-state index in [1.165, 1.54) is 6.92 Å². The van der Waals surface area contributed by atoms with Crippen molar-refractivity contribution >= 4 is 11.9 Å². The average Bonchev–Trinajstić information content (AvgIpc) is 2.37. The summed E-state index contributed by atoms with van der Waals surface area (Å²) in [4.78, 5) is 10.8. The van der Waals surface area contributed by atoms with Crippen molar-refractivity contribution in [2.45, 2.75) is 27.1 Å². The van der Waals surface area contributed by atoms with Gasteiger partial charge in [0.25, 0.3) is 0 Å². The van der Waals surface area contributed by atoms with Gasteiger partial charge in [0, 0.05) is 18.8 Å². The van der Waals surface area contributed by atoms with Crippen LogP contribution in [0.15, 0.2) is 30.3 Å². The van der Waals surface area contributed by atoms with E-state index in [2.05, 4.69) is 0 Å². The molecule has 0 amide bonds. The second kappa shape index (κ2) is 7.80. The highest BCUT2D eigenvalue weighted by Gasteiger charge is 2.10. The summed E-state index contributed by atoms with van der Waals surface area (Å²) in [5.74, 6) is 0.0422. The third-order valence-electron chi connectivity index (χ3n) is 2.36. The van der Waals surface area contributed by atoms with E-state index in [1.54, 1.807) is 12.2 Å². The molecule has 1 aromatic rings. The maximum Gasteiger partial charge on any atom is 0.183 e. The zero-order chi connectivity index (χ0) is 13.4. The highest BCUT2D eigenvalue weighted by molar-refractivity contribution is 5.91. The average molecular weight is 248 g/mol. The lowest BCUT2D eigenvalue weighted by atomic mass is 10.1. The summed E-state index contributed by atoms with van der Waals surface area (Å²) in [7, 11) is 0. The Morgan fingerprint density at radius 1 is 1.17 bits per heavy atom. The minimum atomic E-state index is -0.314. The van der Waals surface area contributed by atoms with Crippen molar-refractivity contribution in [3.63, 3.8) is 0 Å². The Balaban J connectivity index is 2.76. The van der Waals surface area contributed by atoms with Crippen LogP contribution in [0.2, 0.25) is 0 Å². The van der Waals surface area contributed by atoms with Crippen LogP contribution in [0.25, 0.3) is 6.08 Å². The van der Waals surface area contributed by atoms with E-state index in [-0.39, 0.29) is 12.1 Å². The van der Waals surface area contributed by atoms with Crippen molar-refractivity contribution in [1.29, 1.82) is 0 Å². The molecule has 0 radical (unpaired) electrons. The van der Waals surface area contributed by atoms with Crippen molar-refractivity contribution in [2.24, 2.45) is 0 Å². The van der Waals surface area contributed by atoms with Gasteiger partial charge in [0.2, 0.25) is 0 Å². The molecule has 0 unspecified atom stereocenters. The monoisotopic (exact) mass is 248 g/mol. The maximum absolute atomic E-state index is 10.8. The standard InChI is InChI=1S/C15H20O3/c1-4-17-15(18-5-2)14-10-8-13(9-11-14)7-6-12(3)16/h6-11,15H,4-5H2,1-3H3/b7-6+. The van der Waals surface area contributed by atoms with Gasteiger partial charge in [-0.15, -0.1) is 0 Å². The molecule has 0 N–H and O–H groups in total. The minimum absolute atomic E-state index is 0.0422. The molecule has 0 fully saturated rings. The van der Waals surface area contributed by atoms with Crippen LogP contribution in [0.1, 0.15) is 38.2 Å². The Bertz CT molecular complexity index is 387. The molecule has 0 saturated heterocycles. The topological polar surface area (TPSA) is 35.5 Å². The Morgan fingerprint density at radius 3 is 2.17 bits per heavy atom. The number of carbonyl (C=O) groups excluding carboxylic acids is 1. The summed E-state index contributed by atoms with van der Waals surface area (Å²) in [5.41, 5.74) is 1.97. The number of ether oxygens (including phenoxy) is 2. The molecule has 0 spiro atoms. The highest BCUT2D eigenvalue weighted by Crippen LogP contribution is 2.19. The van der Waals surface area contributed by atoms with Crippen LogP contribution in [0.5, 0.6) is 0 Å². The first-order valence-corrected chi connectivity index (χ1v) is 6.19. The summed E-state index contributed by atoms with van der Waals surface area (Å²) in [6.07, 6.45) is 3.03. The van der Waals surface area contributed by atoms with Crippen LogP contribution < -0.4 is 0 Å². The molecular weight excluding hydrogens is 228 g/mol. The van der Waals surface area contributed by atoms with Crippen LogP contribution in [0, 0.1) is 0 Å². The van der Waals surface area contributed by atoms with Crippen LogP contribution in [0.4, 0.5) is 0 Å². The molecule has 0 aliphatic rings. The summed E-state index contributed by atoms with van der Waals surface area (Å²) >= 11 is 0. The molecule has 18 heavy (non-hydrogen) atoms. The first-order valence-electron chi connectivity index (χ1n) is 6.19. The Labute approximate surface area is 108 Å². The molecule has 0 saturated carbocycles. The van der Waals surface area contributed by atoms with Gasteiger partial charge in [-0.05, 0) is 32.4 Å². The van der Waals surface area contributed by atoms with Gasteiger partial charge in [-0.25, -0.2) is 0 Å². The lowest BCUT2D eigenvalue weighted by Gasteiger charge is -2.17. The molecule has 0 heterocycles. The van der Waals surface area contributed by atoms with Crippen molar-refractivity contribution < 1.29 is 14.3 Å². The molecule has 3 nitrogen and oxygen atoms in total. The number of rotatable bonds is 7. The Kier molecular flexibility index (Phi) is 6.33. The predicted molar refractivity (Wildman–Crippen MR) is 72.2 cm³/mol.